The summed E-state index contributed by atoms with van der Waals surface area (Å²) < 4.78 is 9.50. The molecule has 1 saturated carbocycles. The highest BCUT2D eigenvalue weighted by molar-refractivity contribution is 5.79. The molecule has 3 atom stereocenters. The molecule has 1 aliphatic carbocycles. The van der Waals surface area contributed by atoms with Crippen LogP contribution in [0.25, 0.3) is 16.6 Å². The summed E-state index contributed by atoms with van der Waals surface area (Å²) in [5.41, 5.74) is 5.30. The van der Waals surface area contributed by atoms with Crippen molar-refractivity contribution in [3.63, 3.8) is 0 Å². The number of piperazine rings is 1. The van der Waals surface area contributed by atoms with Crippen molar-refractivity contribution in [3.05, 3.63) is 36.9 Å². The lowest BCUT2D eigenvalue weighted by atomic mass is 9.62. The Kier molecular flexibility index (Phi) is 3.51. The Bertz CT molecular complexity index is 1090. The molecule has 7 nitrogen and oxygen atoms in total. The zero-order valence-electron chi connectivity index (χ0n) is 17.4. The van der Waals surface area contributed by atoms with Gasteiger partial charge in [0.25, 0.3) is 0 Å². The molecule has 6 heterocycles. The summed E-state index contributed by atoms with van der Waals surface area (Å²) in [6.45, 7) is 4.22. The third-order valence-corrected chi connectivity index (χ3v) is 8.17. The molecule has 7 rings (SSSR count). The summed E-state index contributed by atoms with van der Waals surface area (Å²) in [6.07, 6.45) is 13.4. The van der Waals surface area contributed by atoms with E-state index < -0.39 is 0 Å². The molecule has 3 aromatic rings. The van der Waals surface area contributed by atoms with Gasteiger partial charge in [-0.15, -0.1) is 0 Å². The number of aryl methyl sites for hydroxylation is 1. The van der Waals surface area contributed by atoms with Gasteiger partial charge in [-0.25, -0.2) is 4.52 Å². The van der Waals surface area contributed by atoms with Crippen LogP contribution < -0.4 is 4.90 Å². The SMILES string of the molecule is Cn1cc(-c2cc3c(N4CC5CCC(C4)N5[C@@H]4CCC45COC5)ccnn3c2)cn1. The van der Waals surface area contributed by atoms with Crippen molar-refractivity contribution in [1.29, 1.82) is 0 Å². The molecule has 156 valence electrons. The van der Waals surface area contributed by atoms with Gasteiger partial charge in [0.1, 0.15) is 0 Å². The first-order valence-electron chi connectivity index (χ1n) is 11.3. The minimum Gasteiger partial charge on any atom is -0.380 e. The molecule has 3 aromatic heterocycles. The molecule has 4 aliphatic rings. The van der Waals surface area contributed by atoms with Crippen molar-refractivity contribution in [2.45, 2.75) is 43.8 Å². The van der Waals surface area contributed by atoms with E-state index in [-0.39, 0.29) is 0 Å². The van der Waals surface area contributed by atoms with E-state index in [1.54, 1.807) is 0 Å². The van der Waals surface area contributed by atoms with E-state index in [0.717, 1.165) is 37.9 Å². The molecule has 1 spiro atoms. The van der Waals surface area contributed by atoms with E-state index in [9.17, 15) is 0 Å². The normalized spacial score (nSPS) is 30.0. The lowest BCUT2D eigenvalue weighted by Gasteiger charge is -2.61. The third kappa shape index (κ3) is 2.33. The molecule has 30 heavy (non-hydrogen) atoms. The molecular formula is C23H28N6O. The Hall–Kier alpha value is -2.38. The number of rotatable bonds is 3. The molecule has 4 fully saturated rings. The van der Waals surface area contributed by atoms with Crippen LogP contribution in [0.2, 0.25) is 0 Å². The molecule has 3 saturated heterocycles. The van der Waals surface area contributed by atoms with Gasteiger partial charge < -0.3 is 9.64 Å². The monoisotopic (exact) mass is 404 g/mol. The van der Waals surface area contributed by atoms with Crippen molar-refractivity contribution in [1.82, 2.24) is 24.3 Å². The second-order valence-corrected chi connectivity index (χ2v) is 9.82. The van der Waals surface area contributed by atoms with E-state index in [1.165, 1.54) is 42.5 Å². The number of nitrogens with zero attached hydrogens (tertiary/aromatic N) is 6. The largest absolute Gasteiger partial charge is 0.380 e. The van der Waals surface area contributed by atoms with Gasteiger partial charge >= 0.3 is 0 Å². The highest BCUT2D eigenvalue weighted by Gasteiger charge is 2.58. The van der Waals surface area contributed by atoms with Crippen molar-refractivity contribution in [3.8, 4) is 11.1 Å². The first kappa shape index (κ1) is 17.3. The Morgan fingerprint density at radius 3 is 2.50 bits per heavy atom. The fourth-order valence-electron chi connectivity index (χ4n) is 6.48. The highest BCUT2D eigenvalue weighted by Crippen LogP contribution is 2.53. The van der Waals surface area contributed by atoms with Gasteiger partial charge in [-0.1, -0.05) is 0 Å². The van der Waals surface area contributed by atoms with Crippen LogP contribution in [-0.4, -0.2) is 68.7 Å². The van der Waals surface area contributed by atoms with Crippen LogP contribution in [0.4, 0.5) is 5.69 Å². The van der Waals surface area contributed by atoms with Crippen molar-refractivity contribution in [2.75, 3.05) is 31.2 Å². The standard InChI is InChI=1S/C23H28N6O/c1-26-10-17(9-25-26)16-8-21-20(5-7-24-28(21)11-16)27-12-18-2-3-19(13-27)29(18)22-4-6-23(22)14-30-15-23/h5,7-11,18-19,22H,2-4,6,12-15H2,1H3/t18?,19?,22-/m1/s1. The van der Waals surface area contributed by atoms with E-state index in [1.807, 2.05) is 28.6 Å². The summed E-state index contributed by atoms with van der Waals surface area (Å²) in [7, 11) is 1.96. The van der Waals surface area contributed by atoms with Gasteiger partial charge in [0.05, 0.1) is 30.6 Å². The smallest absolute Gasteiger partial charge is 0.0886 e. The van der Waals surface area contributed by atoms with Crippen molar-refractivity contribution < 1.29 is 4.74 Å². The van der Waals surface area contributed by atoms with Crippen LogP contribution in [0.3, 0.4) is 0 Å². The second kappa shape index (κ2) is 6.08. The van der Waals surface area contributed by atoms with E-state index in [4.69, 9.17) is 4.74 Å². The van der Waals surface area contributed by atoms with Crippen LogP contribution in [-0.2, 0) is 11.8 Å². The molecule has 0 N–H and O–H groups in total. The summed E-state index contributed by atoms with van der Waals surface area (Å²) in [4.78, 5) is 5.52. The molecule has 0 aromatic carbocycles. The average molecular weight is 405 g/mol. The van der Waals surface area contributed by atoms with Crippen LogP contribution in [0, 0.1) is 5.41 Å². The van der Waals surface area contributed by atoms with E-state index in [2.05, 4.69) is 44.5 Å². The van der Waals surface area contributed by atoms with Gasteiger partial charge in [-0.2, -0.15) is 10.2 Å². The molecule has 3 aliphatic heterocycles. The van der Waals surface area contributed by atoms with Crippen LogP contribution in [0.15, 0.2) is 36.9 Å². The highest BCUT2D eigenvalue weighted by atomic mass is 16.5. The molecule has 2 unspecified atom stereocenters. The molecule has 0 amide bonds. The van der Waals surface area contributed by atoms with Crippen LogP contribution in [0.1, 0.15) is 25.7 Å². The first-order chi connectivity index (χ1) is 14.7. The summed E-state index contributed by atoms with van der Waals surface area (Å²) >= 11 is 0. The molecule has 7 heteroatoms. The maximum atomic E-state index is 5.62. The number of anilines is 1. The Morgan fingerprint density at radius 1 is 1.03 bits per heavy atom. The number of fused-ring (bicyclic) bond motifs is 3. The Morgan fingerprint density at radius 2 is 1.87 bits per heavy atom. The molecular weight excluding hydrogens is 376 g/mol. The predicted octanol–water partition coefficient (Wildman–Crippen LogP) is 2.57. The van der Waals surface area contributed by atoms with Crippen molar-refractivity contribution in [2.24, 2.45) is 12.5 Å². The summed E-state index contributed by atoms with van der Waals surface area (Å²) in [5.74, 6) is 0. The van der Waals surface area contributed by atoms with Crippen LogP contribution >= 0.6 is 0 Å². The lowest BCUT2D eigenvalue weighted by Crippen LogP contribution is -2.69. The van der Waals surface area contributed by atoms with Crippen LogP contribution in [0.5, 0.6) is 0 Å². The number of aromatic nitrogens is 4. The molecule has 0 radical (unpaired) electrons. The van der Waals surface area contributed by atoms with Gasteiger partial charge in [-0.3, -0.25) is 9.58 Å². The fraction of sp³-hybridized carbons (Fsp3) is 0.565. The molecule has 2 bridgehead atoms. The minimum absolute atomic E-state index is 0.493. The predicted molar refractivity (Wildman–Crippen MR) is 115 cm³/mol. The number of hydrogen-bond donors (Lipinski definition) is 0. The van der Waals surface area contributed by atoms with Gasteiger partial charge in [0.2, 0.25) is 0 Å². The second-order valence-electron chi connectivity index (χ2n) is 9.82. The first-order valence-corrected chi connectivity index (χ1v) is 11.3. The van der Waals surface area contributed by atoms with E-state index in [0.29, 0.717) is 17.5 Å². The van der Waals surface area contributed by atoms with Crippen molar-refractivity contribution >= 4 is 11.2 Å². The summed E-state index contributed by atoms with van der Waals surface area (Å²) in [6, 6.07) is 6.57. The number of hydrogen-bond acceptors (Lipinski definition) is 5. The third-order valence-electron chi connectivity index (χ3n) is 8.17. The van der Waals surface area contributed by atoms with Gasteiger partial charge in [0.15, 0.2) is 0 Å². The topological polar surface area (TPSA) is 50.8 Å². The summed E-state index contributed by atoms with van der Waals surface area (Å²) in [5, 5.41) is 8.91. The zero-order valence-corrected chi connectivity index (χ0v) is 17.4. The van der Waals surface area contributed by atoms with Gasteiger partial charge in [0, 0.05) is 73.4 Å². The zero-order chi connectivity index (χ0) is 19.9. The van der Waals surface area contributed by atoms with E-state index >= 15 is 0 Å². The van der Waals surface area contributed by atoms with Gasteiger partial charge in [-0.05, 0) is 37.8 Å². The maximum absolute atomic E-state index is 5.62. The Balaban J connectivity index is 1.19. The quantitative estimate of drug-likeness (QED) is 0.672. The average Bonchev–Trinajstić information content (AvgIpc) is 3.35. The minimum atomic E-state index is 0.493. The maximum Gasteiger partial charge on any atom is 0.0886 e. The Labute approximate surface area is 176 Å². The lowest BCUT2D eigenvalue weighted by molar-refractivity contribution is -0.210. The fourth-order valence-corrected chi connectivity index (χ4v) is 6.48. The number of ether oxygens (including phenoxy) is 1.